The highest BCUT2D eigenvalue weighted by Gasteiger charge is 2.33. The van der Waals surface area contributed by atoms with E-state index in [1.807, 2.05) is 56.0 Å². The van der Waals surface area contributed by atoms with E-state index < -0.39 is 11.7 Å². The second-order valence-electron chi connectivity index (χ2n) is 9.84. The number of nitrogens with one attached hydrogen (secondary N) is 1. The van der Waals surface area contributed by atoms with Gasteiger partial charge in [0.15, 0.2) is 0 Å². The maximum atomic E-state index is 13.1. The molecule has 182 valence electrons. The lowest BCUT2D eigenvalue weighted by Crippen LogP contribution is -2.51. The number of hydrogen-bond acceptors (Lipinski definition) is 5. The second-order valence-corrected chi connectivity index (χ2v) is 9.84. The monoisotopic (exact) mass is 459 g/mol. The van der Waals surface area contributed by atoms with Gasteiger partial charge in [-0.2, -0.15) is 0 Å². The number of nitrogens with zero attached hydrogens (tertiary/aromatic N) is 2. The van der Waals surface area contributed by atoms with Gasteiger partial charge in [-0.1, -0.05) is 18.2 Å². The minimum atomic E-state index is -0.529. The summed E-state index contributed by atoms with van der Waals surface area (Å²) in [6, 6.07) is 9.46. The third-order valence-corrected chi connectivity index (χ3v) is 5.98. The predicted molar refractivity (Wildman–Crippen MR) is 125 cm³/mol. The van der Waals surface area contributed by atoms with Crippen molar-refractivity contribution in [1.82, 2.24) is 15.1 Å². The molecule has 0 saturated carbocycles. The van der Waals surface area contributed by atoms with Gasteiger partial charge in [0.05, 0.1) is 18.9 Å². The van der Waals surface area contributed by atoms with Crippen LogP contribution >= 0.6 is 0 Å². The Bertz CT molecular complexity index is 800. The normalized spacial score (nSPS) is 19.7. The van der Waals surface area contributed by atoms with Crippen LogP contribution in [0, 0.1) is 5.92 Å². The zero-order chi connectivity index (χ0) is 23.8. The van der Waals surface area contributed by atoms with Gasteiger partial charge in [-0.05, 0) is 58.6 Å². The van der Waals surface area contributed by atoms with Gasteiger partial charge in [0.25, 0.3) is 0 Å². The average molecular weight is 460 g/mol. The van der Waals surface area contributed by atoms with Crippen LogP contribution in [0.25, 0.3) is 0 Å². The zero-order valence-electron chi connectivity index (χ0n) is 20.0. The molecule has 0 radical (unpaired) electrons. The first-order chi connectivity index (χ1) is 15.7. The molecule has 1 atom stereocenters. The highest BCUT2D eigenvalue weighted by atomic mass is 16.6. The number of piperidine rings is 2. The predicted octanol–water partition coefficient (Wildman–Crippen LogP) is 3.21. The number of carbonyl (C=O) groups is 3. The van der Waals surface area contributed by atoms with Gasteiger partial charge >= 0.3 is 6.09 Å². The fourth-order valence-electron chi connectivity index (χ4n) is 4.31. The molecule has 1 unspecified atom stereocenters. The van der Waals surface area contributed by atoms with Crippen molar-refractivity contribution < 1.29 is 23.9 Å². The van der Waals surface area contributed by atoms with E-state index in [0.717, 1.165) is 18.6 Å². The summed E-state index contributed by atoms with van der Waals surface area (Å²) in [6.45, 7) is 8.21. The first-order valence-corrected chi connectivity index (χ1v) is 12.0. The summed E-state index contributed by atoms with van der Waals surface area (Å²) in [6.07, 6.45) is 2.94. The molecule has 1 N–H and O–H groups in total. The van der Waals surface area contributed by atoms with Crippen molar-refractivity contribution >= 4 is 17.9 Å². The van der Waals surface area contributed by atoms with Gasteiger partial charge in [-0.3, -0.25) is 9.59 Å². The lowest BCUT2D eigenvalue weighted by Gasteiger charge is -2.38. The number of ether oxygens (including phenoxy) is 2. The zero-order valence-corrected chi connectivity index (χ0v) is 20.0. The number of benzene rings is 1. The van der Waals surface area contributed by atoms with E-state index in [0.29, 0.717) is 52.0 Å². The maximum Gasteiger partial charge on any atom is 0.407 e. The number of hydrogen-bond donors (Lipinski definition) is 1. The van der Waals surface area contributed by atoms with Crippen LogP contribution in [0.3, 0.4) is 0 Å². The van der Waals surface area contributed by atoms with Crippen molar-refractivity contribution in [2.75, 3.05) is 32.8 Å². The molecule has 1 aromatic rings. The largest absolute Gasteiger partial charge is 0.493 e. The molecule has 0 bridgehead atoms. The number of alkyl carbamates (subject to hydrolysis) is 1. The minimum Gasteiger partial charge on any atom is -0.493 e. The van der Waals surface area contributed by atoms with Crippen molar-refractivity contribution in [3.63, 3.8) is 0 Å². The van der Waals surface area contributed by atoms with E-state index in [1.165, 1.54) is 0 Å². The second kappa shape index (κ2) is 11.4. The molecule has 0 spiro atoms. The van der Waals surface area contributed by atoms with Crippen molar-refractivity contribution in [3.05, 3.63) is 30.3 Å². The molecule has 2 aliphatic rings. The van der Waals surface area contributed by atoms with Crippen LogP contribution in [0.1, 0.15) is 52.9 Å². The number of amides is 3. The summed E-state index contributed by atoms with van der Waals surface area (Å²) in [4.78, 5) is 41.4. The molecule has 3 rings (SSSR count). The Morgan fingerprint density at radius 1 is 1.00 bits per heavy atom. The van der Waals surface area contributed by atoms with Gasteiger partial charge in [0.1, 0.15) is 11.4 Å². The van der Waals surface area contributed by atoms with Crippen molar-refractivity contribution in [2.45, 2.75) is 64.5 Å². The molecule has 2 fully saturated rings. The Morgan fingerprint density at radius 2 is 1.70 bits per heavy atom. The lowest BCUT2D eigenvalue weighted by atomic mass is 9.94. The smallest absolute Gasteiger partial charge is 0.407 e. The molecule has 8 heteroatoms. The van der Waals surface area contributed by atoms with Gasteiger partial charge in [0, 0.05) is 32.2 Å². The van der Waals surface area contributed by atoms with Crippen molar-refractivity contribution in [3.8, 4) is 5.75 Å². The van der Waals surface area contributed by atoms with Crippen molar-refractivity contribution in [1.29, 1.82) is 0 Å². The molecule has 2 heterocycles. The van der Waals surface area contributed by atoms with Crippen LogP contribution < -0.4 is 10.1 Å². The highest BCUT2D eigenvalue weighted by Crippen LogP contribution is 2.22. The standard InChI is InChI=1S/C25H37N3O5/c1-25(2,3)33-24(31)26-20-11-15-27(16-12-20)23(30)19-8-7-14-28(18-19)22(29)13-17-32-21-9-5-4-6-10-21/h4-6,9-10,19-20H,7-8,11-18H2,1-3H3,(H,26,31). The molecule has 3 amide bonds. The molecule has 2 aliphatic heterocycles. The SMILES string of the molecule is CC(C)(C)OC(=O)NC1CCN(C(=O)C2CCCN(C(=O)CCOc3ccccc3)C2)CC1. The van der Waals surface area contributed by atoms with Crippen LogP contribution in [-0.4, -0.2) is 72.1 Å². The molecule has 1 aromatic carbocycles. The minimum absolute atomic E-state index is 0.0120. The molecule has 33 heavy (non-hydrogen) atoms. The lowest BCUT2D eigenvalue weighted by molar-refractivity contribution is -0.141. The highest BCUT2D eigenvalue weighted by molar-refractivity contribution is 5.81. The van der Waals surface area contributed by atoms with E-state index in [1.54, 1.807) is 4.90 Å². The molecular formula is C25H37N3O5. The molecule has 0 aromatic heterocycles. The van der Waals surface area contributed by atoms with Gasteiger partial charge in [-0.15, -0.1) is 0 Å². The summed E-state index contributed by atoms with van der Waals surface area (Å²) < 4.78 is 11.0. The quantitative estimate of drug-likeness (QED) is 0.706. The van der Waals surface area contributed by atoms with E-state index >= 15 is 0 Å². The van der Waals surface area contributed by atoms with E-state index in [9.17, 15) is 14.4 Å². The fourth-order valence-corrected chi connectivity index (χ4v) is 4.31. The van der Waals surface area contributed by atoms with Crippen LogP contribution in [0.4, 0.5) is 4.79 Å². The third kappa shape index (κ3) is 7.94. The van der Waals surface area contributed by atoms with Gasteiger partial charge < -0.3 is 24.6 Å². The molecule has 0 aliphatic carbocycles. The van der Waals surface area contributed by atoms with E-state index in [-0.39, 0.29) is 23.8 Å². The third-order valence-electron chi connectivity index (χ3n) is 5.98. The number of likely N-dealkylation sites (tertiary alicyclic amines) is 2. The van der Waals surface area contributed by atoms with E-state index in [2.05, 4.69) is 5.32 Å². The molecule has 2 saturated heterocycles. The molecular weight excluding hydrogens is 422 g/mol. The summed E-state index contributed by atoms with van der Waals surface area (Å²) in [5.41, 5.74) is -0.529. The summed E-state index contributed by atoms with van der Waals surface area (Å²) in [5, 5.41) is 2.90. The summed E-state index contributed by atoms with van der Waals surface area (Å²) >= 11 is 0. The van der Waals surface area contributed by atoms with Crippen LogP contribution in [-0.2, 0) is 14.3 Å². The van der Waals surface area contributed by atoms with E-state index in [4.69, 9.17) is 9.47 Å². The Kier molecular flexibility index (Phi) is 8.58. The molecule has 8 nitrogen and oxygen atoms in total. The summed E-state index contributed by atoms with van der Waals surface area (Å²) in [7, 11) is 0. The first-order valence-electron chi connectivity index (χ1n) is 12.0. The number of rotatable bonds is 6. The maximum absolute atomic E-state index is 13.1. The van der Waals surface area contributed by atoms with Crippen LogP contribution in [0.2, 0.25) is 0 Å². The Balaban J connectivity index is 1.40. The number of carbonyl (C=O) groups excluding carboxylic acids is 3. The average Bonchev–Trinajstić information content (AvgIpc) is 2.78. The van der Waals surface area contributed by atoms with Gasteiger partial charge in [-0.25, -0.2) is 4.79 Å². The number of para-hydroxylation sites is 1. The summed E-state index contributed by atoms with van der Waals surface area (Å²) in [5.74, 6) is 0.738. The van der Waals surface area contributed by atoms with Crippen molar-refractivity contribution in [2.24, 2.45) is 5.92 Å². The Labute approximate surface area is 196 Å². The van der Waals surface area contributed by atoms with Crippen LogP contribution in [0.5, 0.6) is 5.75 Å². The first kappa shape index (κ1) is 24.9. The topological polar surface area (TPSA) is 88.2 Å². The van der Waals surface area contributed by atoms with Gasteiger partial charge in [0.2, 0.25) is 11.8 Å². The Hall–Kier alpha value is -2.77. The van der Waals surface area contributed by atoms with Crippen LogP contribution in [0.15, 0.2) is 30.3 Å². The fraction of sp³-hybridized carbons (Fsp3) is 0.640. The Morgan fingerprint density at radius 3 is 2.36 bits per heavy atom.